The highest BCUT2D eigenvalue weighted by atomic mass is 35.5. The van der Waals surface area contributed by atoms with Gasteiger partial charge in [0, 0.05) is 54.0 Å². The van der Waals surface area contributed by atoms with Gasteiger partial charge >= 0.3 is 0 Å². The van der Waals surface area contributed by atoms with Crippen LogP contribution in [0, 0.1) is 11.6 Å². The molecule has 0 bridgehead atoms. The molecule has 0 aliphatic carbocycles. The highest BCUT2D eigenvalue weighted by Crippen LogP contribution is 2.40. The van der Waals surface area contributed by atoms with E-state index < -0.39 is 27.7 Å². The van der Waals surface area contributed by atoms with E-state index in [0.29, 0.717) is 38.3 Å². The minimum atomic E-state index is -3.64. The quantitative estimate of drug-likeness (QED) is 0.277. The zero-order valence-electron chi connectivity index (χ0n) is 20.9. The van der Waals surface area contributed by atoms with Gasteiger partial charge in [-0.05, 0) is 42.3 Å². The third kappa shape index (κ3) is 5.60. The number of fused-ring (bicyclic) bond motifs is 1. The SMILES string of the molecule is Cn1nc(NS(C)(=O)=O)c2c(Cl)ccc(-c3cc(-c4cccnc4)cnc3C(N)Cc3cc(F)cc(F)c3)c21. The van der Waals surface area contributed by atoms with E-state index in [4.69, 9.17) is 17.3 Å². The molecule has 0 spiro atoms. The van der Waals surface area contributed by atoms with Gasteiger partial charge in [0.2, 0.25) is 10.0 Å². The summed E-state index contributed by atoms with van der Waals surface area (Å²) in [6, 6.07) is 11.5. The molecule has 200 valence electrons. The van der Waals surface area contributed by atoms with Crippen molar-refractivity contribution in [1.29, 1.82) is 0 Å². The van der Waals surface area contributed by atoms with E-state index in [0.717, 1.165) is 23.4 Å². The van der Waals surface area contributed by atoms with Gasteiger partial charge in [0.25, 0.3) is 0 Å². The van der Waals surface area contributed by atoms with Crippen LogP contribution in [0.15, 0.2) is 67.1 Å². The molecule has 0 saturated heterocycles. The van der Waals surface area contributed by atoms with E-state index in [-0.39, 0.29) is 12.2 Å². The standard InChI is InChI=1S/C27H23ClF2N6O2S/c1-36-26-20(5-6-22(28)24(26)27(34-36)35-39(2,37)38)21-11-17(16-4-3-7-32-13-16)14-33-25(21)23(31)10-15-8-18(29)12-19(30)9-15/h3-9,11-14,23H,10,31H2,1-2H3,(H,34,35). The van der Waals surface area contributed by atoms with E-state index in [9.17, 15) is 17.2 Å². The van der Waals surface area contributed by atoms with Crippen molar-refractivity contribution < 1.29 is 17.2 Å². The topological polar surface area (TPSA) is 116 Å². The molecule has 5 rings (SSSR count). The molecule has 0 fully saturated rings. The molecule has 0 aliphatic heterocycles. The monoisotopic (exact) mass is 568 g/mol. The van der Waals surface area contributed by atoms with Gasteiger partial charge in [0.1, 0.15) is 11.6 Å². The molecule has 39 heavy (non-hydrogen) atoms. The number of pyridine rings is 2. The summed E-state index contributed by atoms with van der Waals surface area (Å²) < 4.78 is 55.7. The maximum atomic E-state index is 13.9. The molecule has 0 aliphatic rings. The van der Waals surface area contributed by atoms with E-state index in [2.05, 4.69) is 19.8 Å². The average Bonchev–Trinajstić information content (AvgIpc) is 3.18. The summed E-state index contributed by atoms with van der Waals surface area (Å²) in [5, 5.41) is 5.06. The lowest BCUT2D eigenvalue weighted by Crippen LogP contribution is -2.17. The first kappa shape index (κ1) is 26.7. The predicted octanol–water partition coefficient (Wildman–Crippen LogP) is 5.24. The molecule has 3 heterocycles. The zero-order chi connectivity index (χ0) is 27.9. The van der Waals surface area contributed by atoms with Crippen LogP contribution in [0.4, 0.5) is 14.6 Å². The van der Waals surface area contributed by atoms with Gasteiger partial charge in [0.05, 0.1) is 33.9 Å². The van der Waals surface area contributed by atoms with Gasteiger partial charge in [-0.25, -0.2) is 17.2 Å². The highest BCUT2D eigenvalue weighted by Gasteiger charge is 2.23. The van der Waals surface area contributed by atoms with Gasteiger partial charge in [-0.2, -0.15) is 5.10 Å². The van der Waals surface area contributed by atoms with Crippen molar-refractivity contribution in [3.63, 3.8) is 0 Å². The first-order valence-corrected chi connectivity index (χ1v) is 14.0. The number of rotatable bonds is 7. The molecule has 3 N–H and O–H groups in total. The Morgan fingerprint density at radius 1 is 1.05 bits per heavy atom. The van der Waals surface area contributed by atoms with Crippen LogP contribution in [0.2, 0.25) is 5.02 Å². The van der Waals surface area contributed by atoms with Crippen LogP contribution in [0.5, 0.6) is 0 Å². The van der Waals surface area contributed by atoms with Gasteiger partial charge in [0.15, 0.2) is 5.82 Å². The number of nitrogens with one attached hydrogen (secondary N) is 1. The minimum absolute atomic E-state index is 0.0827. The molecule has 1 unspecified atom stereocenters. The fourth-order valence-corrected chi connectivity index (χ4v) is 5.34. The number of sulfonamides is 1. The van der Waals surface area contributed by atoms with Gasteiger partial charge in [-0.3, -0.25) is 19.4 Å². The lowest BCUT2D eigenvalue weighted by atomic mass is 9.93. The smallest absolute Gasteiger partial charge is 0.231 e. The summed E-state index contributed by atoms with van der Waals surface area (Å²) in [5.41, 5.74) is 10.8. The van der Waals surface area contributed by atoms with Crippen LogP contribution in [0.1, 0.15) is 17.3 Å². The van der Waals surface area contributed by atoms with Crippen molar-refractivity contribution in [1.82, 2.24) is 19.7 Å². The maximum absolute atomic E-state index is 13.9. The highest BCUT2D eigenvalue weighted by molar-refractivity contribution is 7.92. The molecule has 5 aromatic rings. The molecule has 0 radical (unpaired) electrons. The Morgan fingerprint density at radius 3 is 2.46 bits per heavy atom. The van der Waals surface area contributed by atoms with Crippen molar-refractivity contribution in [3.8, 4) is 22.3 Å². The Balaban J connectivity index is 1.72. The zero-order valence-corrected chi connectivity index (χ0v) is 22.4. The average molecular weight is 569 g/mol. The van der Waals surface area contributed by atoms with Crippen LogP contribution in [-0.4, -0.2) is 34.4 Å². The number of anilines is 1. The second-order valence-electron chi connectivity index (χ2n) is 9.15. The van der Waals surface area contributed by atoms with Crippen LogP contribution in [0.3, 0.4) is 0 Å². The summed E-state index contributed by atoms with van der Waals surface area (Å²) in [5.74, 6) is -1.31. The number of nitrogens with two attached hydrogens (primary N) is 1. The fourth-order valence-electron chi connectivity index (χ4n) is 4.60. The van der Waals surface area contributed by atoms with Crippen LogP contribution in [0.25, 0.3) is 33.2 Å². The van der Waals surface area contributed by atoms with Crippen molar-refractivity contribution in [2.75, 3.05) is 11.0 Å². The van der Waals surface area contributed by atoms with Gasteiger partial charge in [-0.1, -0.05) is 23.7 Å². The molecule has 0 amide bonds. The van der Waals surface area contributed by atoms with E-state index in [1.54, 1.807) is 43.8 Å². The normalized spacial score (nSPS) is 12.6. The molecule has 1 atom stereocenters. The summed E-state index contributed by atoms with van der Waals surface area (Å²) in [6.07, 6.45) is 6.16. The third-order valence-corrected chi connectivity index (χ3v) is 7.03. The molecule has 8 nitrogen and oxygen atoms in total. The predicted molar refractivity (Wildman–Crippen MR) is 148 cm³/mol. The number of aromatic nitrogens is 4. The Bertz CT molecular complexity index is 1790. The fraction of sp³-hybridized carbons (Fsp3) is 0.148. The molecular formula is C27H23ClF2N6O2S. The van der Waals surface area contributed by atoms with Crippen molar-refractivity contribution >= 4 is 38.3 Å². The van der Waals surface area contributed by atoms with Crippen LogP contribution < -0.4 is 10.5 Å². The lowest BCUT2D eigenvalue weighted by molar-refractivity contribution is 0.575. The summed E-state index contributed by atoms with van der Waals surface area (Å²) in [4.78, 5) is 8.87. The molecule has 0 saturated carbocycles. The number of aryl methyl sites for hydroxylation is 1. The maximum Gasteiger partial charge on any atom is 0.231 e. The van der Waals surface area contributed by atoms with Gasteiger partial charge in [-0.15, -0.1) is 0 Å². The summed E-state index contributed by atoms with van der Waals surface area (Å²) >= 11 is 6.52. The summed E-state index contributed by atoms with van der Waals surface area (Å²) in [7, 11) is -1.97. The number of halogens is 3. The van der Waals surface area contributed by atoms with E-state index in [1.807, 2.05) is 12.1 Å². The Hall–Kier alpha value is -3.93. The lowest BCUT2D eigenvalue weighted by Gasteiger charge is -2.18. The van der Waals surface area contributed by atoms with Crippen LogP contribution in [-0.2, 0) is 23.5 Å². The molecule has 3 aromatic heterocycles. The third-order valence-electron chi connectivity index (χ3n) is 6.15. The Morgan fingerprint density at radius 2 is 1.79 bits per heavy atom. The number of nitrogens with zero attached hydrogens (tertiary/aromatic N) is 4. The molecule has 2 aromatic carbocycles. The number of hydrogen-bond acceptors (Lipinski definition) is 6. The summed E-state index contributed by atoms with van der Waals surface area (Å²) in [6.45, 7) is 0. The molecule has 12 heteroatoms. The Kier molecular flexibility index (Phi) is 7.06. The first-order valence-electron chi connectivity index (χ1n) is 11.7. The first-order chi connectivity index (χ1) is 18.5. The minimum Gasteiger partial charge on any atom is -0.322 e. The number of hydrogen-bond donors (Lipinski definition) is 2. The van der Waals surface area contributed by atoms with E-state index in [1.165, 1.54) is 16.8 Å². The van der Waals surface area contributed by atoms with Crippen molar-refractivity contribution in [2.24, 2.45) is 12.8 Å². The second kappa shape index (κ2) is 10.3. The van der Waals surface area contributed by atoms with E-state index >= 15 is 0 Å². The largest absolute Gasteiger partial charge is 0.322 e. The van der Waals surface area contributed by atoms with Crippen molar-refractivity contribution in [3.05, 3.63) is 95.0 Å². The second-order valence-corrected chi connectivity index (χ2v) is 11.3. The van der Waals surface area contributed by atoms with Crippen molar-refractivity contribution in [2.45, 2.75) is 12.5 Å². The Labute approximate surface area is 228 Å². The number of benzene rings is 2. The van der Waals surface area contributed by atoms with Gasteiger partial charge < -0.3 is 5.73 Å². The van der Waals surface area contributed by atoms with Crippen LogP contribution >= 0.6 is 11.6 Å². The molecular weight excluding hydrogens is 546 g/mol.